The van der Waals surface area contributed by atoms with Gasteiger partial charge in [0.2, 0.25) is 21.8 Å². The van der Waals surface area contributed by atoms with Crippen LogP contribution in [-0.2, 0) is 19.6 Å². The Morgan fingerprint density at radius 3 is 2.52 bits per heavy atom. The standard InChI is InChI=1S/C30H38FN5O7S/c1-4-21(5-2)28(37)33-23-10-11-25(26(19-23)44(40,41)32-12-7-13-35-14-16-42-17-15-35)43-29-20(3)27(30(38)39)34-36(29)24-9-6-8-22(31)18-24/h6,8-11,18-19,21,32H,4-5,7,12-17H2,1-3H3,(H,33,37)(H,38,39). The molecule has 0 unspecified atom stereocenters. The summed E-state index contributed by atoms with van der Waals surface area (Å²) in [6.07, 6.45) is 1.79. The van der Waals surface area contributed by atoms with Crippen molar-refractivity contribution in [1.82, 2.24) is 19.4 Å². The van der Waals surface area contributed by atoms with Gasteiger partial charge in [-0.2, -0.15) is 9.78 Å². The highest BCUT2D eigenvalue weighted by atomic mass is 32.2. The van der Waals surface area contributed by atoms with Crippen LogP contribution in [0.5, 0.6) is 11.6 Å². The van der Waals surface area contributed by atoms with E-state index in [2.05, 4.69) is 20.0 Å². The number of nitrogens with zero attached hydrogens (tertiary/aromatic N) is 3. The molecular weight excluding hydrogens is 593 g/mol. The molecule has 3 N–H and O–H groups in total. The summed E-state index contributed by atoms with van der Waals surface area (Å²) in [4.78, 5) is 26.6. The number of halogens is 1. The minimum atomic E-state index is -4.19. The average molecular weight is 632 g/mol. The van der Waals surface area contributed by atoms with Crippen LogP contribution in [-0.4, -0.2) is 79.5 Å². The van der Waals surface area contributed by atoms with Crippen LogP contribution in [0.2, 0.25) is 0 Å². The molecule has 0 radical (unpaired) electrons. The van der Waals surface area contributed by atoms with Crippen molar-refractivity contribution in [2.45, 2.75) is 44.9 Å². The summed E-state index contributed by atoms with van der Waals surface area (Å²) in [6, 6.07) is 9.50. The molecule has 14 heteroatoms. The summed E-state index contributed by atoms with van der Waals surface area (Å²) < 4.78 is 56.6. The van der Waals surface area contributed by atoms with E-state index in [1.807, 2.05) is 13.8 Å². The molecule has 3 aromatic rings. The van der Waals surface area contributed by atoms with E-state index in [0.29, 0.717) is 39.0 Å². The molecule has 0 aliphatic carbocycles. The third-order valence-corrected chi connectivity index (χ3v) is 8.92. The van der Waals surface area contributed by atoms with Crippen LogP contribution in [0.1, 0.15) is 49.2 Å². The fourth-order valence-corrected chi connectivity index (χ4v) is 6.11. The minimum Gasteiger partial charge on any atom is -0.476 e. The number of carboxylic acids is 1. The van der Waals surface area contributed by atoms with Crippen molar-refractivity contribution < 1.29 is 37.0 Å². The van der Waals surface area contributed by atoms with Crippen LogP contribution in [0.3, 0.4) is 0 Å². The third-order valence-electron chi connectivity index (χ3n) is 7.43. The molecule has 0 saturated carbocycles. The number of carbonyl (C=O) groups is 2. The highest BCUT2D eigenvalue weighted by molar-refractivity contribution is 7.89. The van der Waals surface area contributed by atoms with Crippen LogP contribution >= 0.6 is 0 Å². The number of aromatic carboxylic acids is 1. The number of benzene rings is 2. The summed E-state index contributed by atoms with van der Waals surface area (Å²) in [5, 5.41) is 16.6. The predicted molar refractivity (Wildman–Crippen MR) is 162 cm³/mol. The van der Waals surface area contributed by atoms with E-state index >= 15 is 0 Å². The van der Waals surface area contributed by atoms with Crippen LogP contribution in [0.15, 0.2) is 47.4 Å². The van der Waals surface area contributed by atoms with Gasteiger partial charge in [-0.3, -0.25) is 9.69 Å². The van der Waals surface area contributed by atoms with Gasteiger partial charge in [0.15, 0.2) is 5.69 Å². The number of hydrogen-bond acceptors (Lipinski definition) is 8. The summed E-state index contributed by atoms with van der Waals surface area (Å²) >= 11 is 0. The Balaban J connectivity index is 1.69. The molecular formula is C30H38FN5O7S. The number of rotatable bonds is 14. The highest BCUT2D eigenvalue weighted by Crippen LogP contribution is 2.35. The fourth-order valence-electron chi connectivity index (χ4n) is 4.89. The van der Waals surface area contributed by atoms with Crippen molar-refractivity contribution in [3.05, 3.63) is 59.5 Å². The molecule has 0 bridgehead atoms. The fraction of sp³-hybridized carbons (Fsp3) is 0.433. The van der Waals surface area contributed by atoms with Gasteiger partial charge in [-0.15, -0.1) is 0 Å². The van der Waals surface area contributed by atoms with E-state index in [-0.39, 0.29) is 57.5 Å². The first-order valence-electron chi connectivity index (χ1n) is 14.5. The topological polar surface area (TPSA) is 152 Å². The number of morpholine rings is 1. The van der Waals surface area contributed by atoms with Crippen LogP contribution in [0.4, 0.5) is 10.1 Å². The number of amides is 1. The Bertz CT molecular complexity index is 1580. The summed E-state index contributed by atoms with van der Waals surface area (Å²) in [6.45, 7) is 8.92. The monoisotopic (exact) mass is 631 g/mol. The molecule has 238 valence electrons. The quantitative estimate of drug-likeness (QED) is 0.223. The summed E-state index contributed by atoms with van der Waals surface area (Å²) in [7, 11) is -4.19. The molecule has 1 aliphatic rings. The second-order valence-electron chi connectivity index (χ2n) is 10.4. The maximum Gasteiger partial charge on any atom is 0.356 e. The first-order valence-corrected chi connectivity index (χ1v) is 16.0. The van der Waals surface area contributed by atoms with E-state index in [1.54, 1.807) is 0 Å². The Morgan fingerprint density at radius 2 is 1.86 bits per heavy atom. The molecule has 12 nitrogen and oxygen atoms in total. The third kappa shape index (κ3) is 8.00. The van der Waals surface area contributed by atoms with Gasteiger partial charge in [-0.05, 0) is 69.1 Å². The first-order chi connectivity index (χ1) is 21.0. The van der Waals surface area contributed by atoms with Crippen LogP contribution in [0, 0.1) is 18.7 Å². The lowest BCUT2D eigenvalue weighted by molar-refractivity contribution is -0.120. The number of nitrogens with one attached hydrogen (secondary N) is 2. The van der Waals surface area contributed by atoms with E-state index < -0.39 is 21.8 Å². The molecule has 0 atom stereocenters. The predicted octanol–water partition coefficient (Wildman–Crippen LogP) is 4.19. The lowest BCUT2D eigenvalue weighted by Crippen LogP contribution is -2.38. The van der Waals surface area contributed by atoms with Gasteiger partial charge in [0.1, 0.15) is 16.5 Å². The molecule has 1 aliphatic heterocycles. The zero-order valence-electron chi connectivity index (χ0n) is 25.0. The van der Waals surface area contributed by atoms with Crippen molar-refractivity contribution >= 4 is 27.6 Å². The highest BCUT2D eigenvalue weighted by Gasteiger charge is 2.27. The van der Waals surface area contributed by atoms with Gasteiger partial charge in [-0.25, -0.2) is 22.3 Å². The SMILES string of the molecule is CCC(CC)C(=O)Nc1ccc(Oc2c(C)c(C(=O)O)nn2-c2cccc(F)c2)c(S(=O)(=O)NCCCN2CCOCC2)c1. The molecule has 1 fully saturated rings. The lowest BCUT2D eigenvalue weighted by atomic mass is 10.0. The number of ether oxygens (including phenoxy) is 2. The number of aromatic nitrogens is 2. The minimum absolute atomic E-state index is 0.106. The molecule has 0 spiro atoms. The number of carboxylic acid groups (broad SMARTS) is 1. The van der Waals surface area contributed by atoms with E-state index in [1.165, 1.54) is 43.3 Å². The Hall–Kier alpha value is -3.85. The van der Waals surface area contributed by atoms with Gasteiger partial charge in [0.05, 0.1) is 18.9 Å². The number of anilines is 1. The largest absolute Gasteiger partial charge is 0.476 e. The maximum atomic E-state index is 14.1. The summed E-state index contributed by atoms with van der Waals surface area (Å²) in [5.74, 6) is -2.65. The zero-order chi connectivity index (χ0) is 31.9. The molecule has 44 heavy (non-hydrogen) atoms. The van der Waals surface area contributed by atoms with E-state index in [9.17, 15) is 27.5 Å². The van der Waals surface area contributed by atoms with Crippen molar-refractivity contribution in [1.29, 1.82) is 0 Å². The zero-order valence-corrected chi connectivity index (χ0v) is 25.8. The molecule has 2 heterocycles. The van der Waals surface area contributed by atoms with E-state index in [0.717, 1.165) is 23.8 Å². The first kappa shape index (κ1) is 33.1. The van der Waals surface area contributed by atoms with Crippen LogP contribution in [0.25, 0.3) is 5.69 Å². The molecule has 1 saturated heterocycles. The Morgan fingerprint density at radius 1 is 1.14 bits per heavy atom. The van der Waals surface area contributed by atoms with Gasteiger partial charge in [-0.1, -0.05) is 19.9 Å². The molecule has 2 aromatic carbocycles. The van der Waals surface area contributed by atoms with Crippen molar-refractivity contribution in [3.8, 4) is 17.3 Å². The number of sulfonamides is 1. The van der Waals surface area contributed by atoms with Crippen LogP contribution < -0.4 is 14.8 Å². The maximum absolute atomic E-state index is 14.1. The smallest absolute Gasteiger partial charge is 0.356 e. The Labute approximate surface area is 256 Å². The second kappa shape index (κ2) is 14.8. The Kier molecular flexibility index (Phi) is 11.1. The van der Waals surface area contributed by atoms with Crippen molar-refractivity contribution in [2.75, 3.05) is 44.7 Å². The van der Waals surface area contributed by atoms with Gasteiger partial charge < -0.3 is 19.9 Å². The molecule has 4 rings (SSSR count). The average Bonchev–Trinajstić information content (AvgIpc) is 3.33. The van der Waals surface area contributed by atoms with Crippen molar-refractivity contribution in [3.63, 3.8) is 0 Å². The normalized spacial score (nSPS) is 14.1. The molecule has 1 amide bonds. The number of hydrogen-bond donors (Lipinski definition) is 3. The van der Waals surface area contributed by atoms with Gasteiger partial charge in [0, 0.05) is 36.8 Å². The van der Waals surface area contributed by atoms with Crippen molar-refractivity contribution in [2.24, 2.45) is 5.92 Å². The van der Waals surface area contributed by atoms with Gasteiger partial charge in [0.25, 0.3) is 0 Å². The summed E-state index contributed by atoms with van der Waals surface area (Å²) in [5.41, 5.74) is 0.193. The number of carbonyl (C=O) groups excluding carboxylic acids is 1. The second-order valence-corrected chi connectivity index (χ2v) is 12.2. The lowest BCUT2D eigenvalue weighted by Gasteiger charge is -2.26. The van der Waals surface area contributed by atoms with Gasteiger partial charge >= 0.3 is 5.97 Å². The van der Waals surface area contributed by atoms with E-state index in [4.69, 9.17) is 9.47 Å². The molecule has 1 aromatic heterocycles.